The number of alkyl halides is 3. The number of hydrogen-bond donors (Lipinski definition) is 3. The van der Waals surface area contributed by atoms with Crippen molar-refractivity contribution < 1.29 is 32.7 Å². The van der Waals surface area contributed by atoms with Crippen molar-refractivity contribution >= 4 is 17.9 Å². The highest BCUT2D eigenvalue weighted by atomic mass is 19.4. The fourth-order valence-electron chi connectivity index (χ4n) is 0.376. The molecule has 0 aromatic heterocycles. The zero-order valence-corrected chi connectivity index (χ0v) is 6.51. The zero-order chi connectivity index (χ0) is 11.4. The molecule has 3 N–H and O–H groups in total. The molecule has 0 saturated carbocycles. The summed E-state index contributed by atoms with van der Waals surface area (Å²) in [5.74, 6) is -3.02. The van der Waals surface area contributed by atoms with Gasteiger partial charge in [0.05, 0.1) is 6.54 Å². The fraction of sp³-hybridized carbons (Fsp3) is 0.400. The molecule has 0 aliphatic carbocycles. The Balaban J connectivity index is 0.000000241. The molecule has 14 heavy (non-hydrogen) atoms. The second-order valence-corrected chi connectivity index (χ2v) is 2.03. The summed E-state index contributed by atoms with van der Waals surface area (Å²) in [7, 11) is 0. The van der Waals surface area contributed by atoms with E-state index in [2.05, 4.69) is 5.32 Å². The van der Waals surface area contributed by atoms with Crippen LogP contribution in [-0.4, -0.2) is 35.7 Å². The number of aliphatic carboxylic acids is 1. The predicted molar refractivity (Wildman–Crippen MR) is 35.2 cm³/mol. The van der Waals surface area contributed by atoms with E-state index in [9.17, 15) is 22.8 Å². The van der Waals surface area contributed by atoms with Gasteiger partial charge in [-0.2, -0.15) is 13.2 Å². The molecule has 9 heteroatoms. The predicted octanol–water partition coefficient (Wildman–Crippen LogP) is -0.541. The second kappa shape index (κ2) is 4.44. The van der Waals surface area contributed by atoms with Gasteiger partial charge in [0, 0.05) is 0 Å². The molecule has 80 valence electrons. The lowest BCUT2D eigenvalue weighted by Crippen LogP contribution is -2.22. The molecule has 1 fully saturated rings. The summed E-state index contributed by atoms with van der Waals surface area (Å²) in [4.78, 5) is 29.0. The van der Waals surface area contributed by atoms with Gasteiger partial charge in [0.1, 0.15) is 0 Å². The number of carboxylic acids is 1. The van der Waals surface area contributed by atoms with Crippen LogP contribution in [0.3, 0.4) is 0 Å². The largest absolute Gasteiger partial charge is 0.490 e. The number of urea groups is 1. The van der Waals surface area contributed by atoms with Crippen LogP contribution in [0, 0.1) is 0 Å². The van der Waals surface area contributed by atoms with Crippen LogP contribution in [0.5, 0.6) is 0 Å². The maximum absolute atomic E-state index is 10.6. The van der Waals surface area contributed by atoms with Gasteiger partial charge in [-0.15, -0.1) is 0 Å². The normalized spacial score (nSPS) is 15.1. The first-order chi connectivity index (χ1) is 6.23. The highest BCUT2D eigenvalue weighted by Gasteiger charge is 2.38. The Labute approximate surface area is 75.1 Å². The molecule has 0 bridgehead atoms. The SMILES string of the molecule is O=C(O)C(F)(F)F.O=C1CNC(=O)N1. The highest BCUT2D eigenvalue weighted by Crippen LogP contribution is 2.13. The van der Waals surface area contributed by atoms with Crippen LogP contribution >= 0.6 is 0 Å². The number of halogens is 3. The average molecular weight is 214 g/mol. The number of hydrogen-bond acceptors (Lipinski definition) is 3. The van der Waals surface area contributed by atoms with Gasteiger partial charge in [0.2, 0.25) is 5.91 Å². The lowest BCUT2D eigenvalue weighted by Gasteiger charge is -1.93. The van der Waals surface area contributed by atoms with E-state index >= 15 is 0 Å². The third-order valence-electron chi connectivity index (χ3n) is 0.905. The Morgan fingerprint density at radius 2 is 1.79 bits per heavy atom. The van der Waals surface area contributed by atoms with Crippen molar-refractivity contribution in [1.82, 2.24) is 10.6 Å². The molecular weight excluding hydrogens is 209 g/mol. The third-order valence-corrected chi connectivity index (χ3v) is 0.905. The smallest absolute Gasteiger partial charge is 0.475 e. The summed E-state index contributed by atoms with van der Waals surface area (Å²) < 4.78 is 31.7. The van der Waals surface area contributed by atoms with Gasteiger partial charge >= 0.3 is 18.2 Å². The Morgan fingerprint density at radius 1 is 1.36 bits per heavy atom. The number of amides is 3. The van der Waals surface area contributed by atoms with Gasteiger partial charge in [0.15, 0.2) is 0 Å². The van der Waals surface area contributed by atoms with E-state index in [4.69, 9.17) is 9.90 Å². The van der Waals surface area contributed by atoms with Crippen LogP contribution in [0.4, 0.5) is 18.0 Å². The number of carboxylic acid groups (broad SMARTS) is 1. The minimum absolute atomic E-state index is 0.124. The van der Waals surface area contributed by atoms with E-state index < -0.39 is 18.2 Å². The molecule has 0 atom stereocenters. The molecule has 1 aliphatic heterocycles. The Hall–Kier alpha value is -1.80. The lowest BCUT2D eigenvalue weighted by molar-refractivity contribution is -0.192. The molecule has 0 radical (unpaired) electrons. The molecule has 0 aromatic rings. The van der Waals surface area contributed by atoms with Crippen molar-refractivity contribution in [2.75, 3.05) is 6.54 Å². The van der Waals surface area contributed by atoms with Crippen LogP contribution in [0.2, 0.25) is 0 Å². The zero-order valence-electron chi connectivity index (χ0n) is 6.51. The van der Waals surface area contributed by atoms with Crippen molar-refractivity contribution in [3.8, 4) is 0 Å². The number of carbonyl (C=O) groups is 3. The van der Waals surface area contributed by atoms with E-state index in [-0.39, 0.29) is 12.5 Å². The number of nitrogens with one attached hydrogen (secondary N) is 2. The quantitative estimate of drug-likeness (QED) is 0.472. The molecule has 1 rings (SSSR count). The number of rotatable bonds is 0. The Kier molecular flexibility index (Phi) is 3.87. The first-order valence-corrected chi connectivity index (χ1v) is 3.11. The van der Waals surface area contributed by atoms with Crippen LogP contribution in [0.25, 0.3) is 0 Å². The maximum Gasteiger partial charge on any atom is 0.490 e. The molecule has 0 spiro atoms. The summed E-state index contributed by atoms with van der Waals surface area (Å²) in [5.41, 5.74) is 0. The fourth-order valence-corrected chi connectivity index (χ4v) is 0.376. The molecule has 1 saturated heterocycles. The van der Waals surface area contributed by atoms with Crippen molar-refractivity contribution in [1.29, 1.82) is 0 Å². The molecule has 1 heterocycles. The van der Waals surface area contributed by atoms with Gasteiger partial charge in [-0.05, 0) is 0 Å². The monoisotopic (exact) mass is 214 g/mol. The van der Waals surface area contributed by atoms with Crippen LogP contribution in [-0.2, 0) is 9.59 Å². The van der Waals surface area contributed by atoms with Crippen LogP contribution in [0.15, 0.2) is 0 Å². The van der Waals surface area contributed by atoms with Crippen LogP contribution in [0.1, 0.15) is 0 Å². The van der Waals surface area contributed by atoms with Crippen molar-refractivity contribution in [3.63, 3.8) is 0 Å². The molecule has 0 unspecified atom stereocenters. The summed E-state index contributed by atoms with van der Waals surface area (Å²) >= 11 is 0. The average Bonchev–Trinajstić information content (AvgIpc) is 2.33. The number of imide groups is 1. The molecule has 1 aliphatic rings. The molecule has 0 aromatic carbocycles. The van der Waals surface area contributed by atoms with E-state index in [0.717, 1.165) is 0 Å². The van der Waals surface area contributed by atoms with E-state index in [0.29, 0.717) is 0 Å². The minimum atomic E-state index is -5.08. The summed E-state index contributed by atoms with van der Waals surface area (Å²) in [6, 6.07) is -0.398. The maximum atomic E-state index is 10.6. The first kappa shape index (κ1) is 12.2. The highest BCUT2D eigenvalue weighted by molar-refractivity contribution is 6.01. The Morgan fingerprint density at radius 3 is 1.86 bits per heavy atom. The van der Waals surface area contributed by atoms with Crippen LogP contribution < -0.4 is 10.6 Å². The Bertz CT molecular complexity index is 248. The van der Waals surface area contributed by atoms with Crippen molar-refractivity contribution in [3.05, 3.63) is 0 Å². The molecule has 6 nitrogen and oxygen atoms in total. The van der Waals surface area contributed by atoms with Gasteiger partial charge < -0.3 is 10.4 Å². The standard InChI is InChI=1S/C3H4N2O2.C2HF3O2/c6-2-1-4-3(7)5-2;3-2(4,5)1(6)7/h1H2,(H2,4,5,6,7);(H,6,7). The minimum Gasteiger partial charge on any atom is -0.475 e. The molecular formula is C5H5F3N2O4. The number of carbonyl (C=O) groups excluding carboxylic acids is 2. The third kappa shape index (κ3) is 4.95. The van der Waals surface area contributed by atoms with Gasteiger partial charge in [-0.3, -0.25) is 10.1 Å². The van der Waals surface area contributed by atoms with Gasteiger partial charge in [-0.25, -0.2) is 9.59 Å². The lowest BCUT2D eigenvalue weighted by atomic mass is 10.7. The first-order valence-electron chi connectivity index (χ1n) is 3.11. The van der Waals surface area contributed by atoms with E-state index in [1.54, 1.807) is 0 Å². The summed E-state index contributed by atoms with van der Waals surface area (Å²) in [6.45, 7) is 0.124. The molecule has 3 amide bonds. The summed E-state index contributed by atoms with van der Waals surface area (Å²) in [6.07, 6.45) is -5.08. The van der Waals surface area contributed by atoms with Crippen molar-refractivity contribution in [2.24, 2.45) is 0 Å². The van der Waals surface area contributed by atoms with E-state index in [1.807, 2.05) is 5.32 Å². The van der Waals surface area contributed by atoms with E-state index in [1.165, 1.54) is 0 Å². The van der Waals surface area contributed by atoms with Gasteiger partial charge in [-0.1, -0.05) is 0 Å². The summed E-state index contributed by atoms with van der Waals surface area (Å²) in [5, 5.41) is 11.4. The topological polar surface area (TPSA) is 95.5 Å². The van der Waals surface area contributed by atoms with Crippen molar-refractivity contribution in [2.45, 2.75) is 6.18 Å². The van der Waals surface area contributed by atoms with Gasteiger partial charge in [0.25, 0.3) is 0 Å². The second-order valence-electron chi connectivity index (χ2n) is 2.03.